The van der Waals surface area contributed by atoms with Crippen molar-refractivity contribution in [3.05, 3.63) is 34.7 Å². The fourth-order valence-electron chi connectivity index (χ4n) is 1.34. The van der Waals surface area contributed by atoms with Crippen LogP contribution in [-0.2, 0) is 0 Å². The Balaban J connectivity index is 2.86. The lowest BCUT2D eigenvalue weighted by atomic mass is 10.2. The molecule has 0 unspecified atom stereocenters. The van der Waals surface area contributed by atoms with E-state index in [0.717, 1.165) is 5.39 Å². The molecule has 0 aliphatic heterocycles. The van der Waals surface area contributed by atoms with Crippen molar-refractivity contribution < 1.29 is 4.42 Å². The predicted molar refractivity (Wildman–Crippen MR) is 56.4 cm³/mol. The first-order chi connectivity index (χ1) is 6.72. The van der Waals surface area contributed by atoms with Gasteiger partial charge in [0.15, 0.2) is 5.58 Å². The van der Waals surface area contributed by atoms with E-state index in [1.54, 1.807) is 19.2 Å². The fraction of sp³-hybridized carbons (Fsp3) is 0.100. The normalized spacial score (nSPS) is 10.4. The van der Waals surface area contributed by atoms with E-state index in [1.165, 1.54) is 0 Å². The minimum Gasteiger partial charge on any atom is -0.419 e. The monoisotopic (exact) mass is 190 g/mol. The molecule has 0 aliphatic rings. The highest BCUT2D eigenvalue weighted by Gasteiger charge is 2.04. The predicted octanol–water partition coefficient (Wildman–Crippen LogP) is 1.42. The summed E-state index contributed by atoms with van der Waals surface area (Å²) >= 11 is 0. The molecule has 0 saturated heterocycles. The highest BCUT2D eigenvalue weighted by molar-refractivity contribution is 5.88. The van der Waals surface area contributed by atoms with Crippen molar-refractivity contribution >= 4 is 22.3 Å². The van der Waals surface area contributed by atoms with Crippen molar-refractivity contribution in [3.63, 3.8) is 0 Å². The molecule has 1 aromatic carbocycles. The summed E-state index contributed by atoms with van der Waals surface area (Å²) in [4.78, 5) is 11.3. The van der Waals surface area contributed by atoms with Crippen LogP contribution in [0.5, 0.6) is 0 Å². The zero-order valence-corrected chi connectivity index (χ0v) is 7.70. The van der Waals surface area contributed by atoms with Crippen LogP contribution >= 0.6 is 0 Å². The van der Waals surface area contributed by atoms with E-state index < -0.39 is 5.63 Å². The molecule has 3 N–H and O–H groups in total. The molecule has 0 saturated carbocycles. The van der Waals surface area contributed by atoms with Crippen molar-refractivity contribution in [2.75, 3.05) is 18.1 Å². The molecule has 1 heterocycles. The van der Waals surface area contributed by atoms with Crippen LogP contribution in [0.15, 0.2) is 33.5 Å². The number of anilines is 2. The van der Waals surface area contributed by atoms with Crippen LogP contribution in [0, 0.1) is 0 Å². The van der Waals surface area contributed by atoms with E-state index in [-0.39, 0.29) is 0 Å². The number of hydrogen-bond donors (Lipinski definition) is 2. The summed E-state index contributed by atoms with van der Waals surface area (Å²) in [6, 6.07) is 7.08. The second kappa shape index (κ2) is 3.06. The van der Waals surface area contributed by atoms with Gasteiger partial charge in [-0.15, -0.1) is 0 Å². The number of benzene rings is 1. The second-order valence-corrected chi connectivity index (χ2v) is 2.96. The summed E-state index contributed by atoms with van der Waals surface area (Å²) in [5.74, 6) is 0. The summed E-state index contributed by atoms with van der Waals surface area (Å²) in [6.07, 6.45) is 0. The van der Waals surface area contributed by atoms with Crippen LogP contribution in [0.25, 0.3) is 11.0 Å². The first-order valence-corrected chi connectivity index (χ1v) is 4.22. The van der Waals surface area contributed by atoms with Gasteiger partial charge in [-0.3, -0.25) is 0 Å². The van der Waals surface area contributed by atoms with Crippen LogP contribution in [0.4, 0.5) is 11.4 Å². The maximum Gasteiger partial charge on any atom is 0.359 e. The molecule has 0 amide bonds. The lowest BCUT2D eigenvalue weighted by molar-refractivity contribution is 0.565. The molecule has 0 fully saturated rings. The van der Waals surface area contributed by atoms with Crippen LogP contribution < -0.4 is 16.7 Å². The van der Waals surface area contributed by atoms with Gasteiger partial charge in [0.25, 0.3) is 0 Å². The molecule has 0 atom stereocenters. The number of nitrogens with two attached hydrogens (primary N) is 1. The van der Waals surface area contributed by atoms with Crippen molar-refractivity contribution in [1.29, 1.82) is 0 Å². The molecule has 72 valence electrons. The third-order valence-corrected chi connectivity index (χ3v) is 2.06. The molecule has 0 spiro atoms. The zero-order valence-electron chi connectivity index (χ0n) is 7.70. The van der Waals surface area contributed by atoms with Gasteiger partial charge in [0, 0.05) is 12.4 Å². The van der Waals surface area contributed by atoms with Crippen LogP contribution in [0.1, 0.15) is 0 Å². The van der Waals surface area contributed by atoms with Gasteiger partial charge in [-0.2, -0.15) is 0 Å². The molecule has 2 rings (SSSR count). The van der Waals surface area contributed by atoms with Crippen LogP contribution in [-0.4, -0.2) is 7.05 Å². The maximum absolute atomic E-state index is 11.3. The van der Waals surface area contributed by atoms with Crippen molar-refractivity contribution in [3.8, 4) is 0 Å². The van der Waals surface area contributed by atoms with Gasteiger partial charge in [-0.05, 0) is 12.1 Å². The van der Waals surface area contributed by atoms with Gasteiger partial charge in [0.2, 0.25) is 0 Å². The summed E-state index contributed by atoms with van der Waals surface area (Å²) in [5, 5.41) is 3.57. The Bertz CT molecular complexity index is 531. The third kappa shape index (κ3) is 1.21. The quantitative estimate of drug-likeness (QED) is 0.527. The van der Waals surface area contributed by atoms with Crippen molar-refractivity contribution in [2.24, 2.45) is 0 Å². The summed E-state index contributed by atoms with van der Waals surface area (Å²) in [7, 11) is 1.67. The molecule has 4 nitrogen and oxygen atoms in total. The summed E-state index contributed by atoms with van der Waals surface area (Å²) in [5.41, 5.74) is 6.61. The van der Waals surface area contributed by atoms with E-state index in [0.29, 0.717) is 17.0 Å². The maximum atomic E-state index is 11.3. The smallest absolute Gasteiger partial charge is 0.359 e. The van der Waals surface area contributed by atoms with E-state index in [4.69, 9.17) is 10.2 Å². The molecule has 14 heavy (non-hydrogen) atoms. The molecule has 4 heteroatoms. The average molecular weight is 190 g/mol. The Morgan fingerprint density at radius 1 is 1.43 bits per heavy atom. The number of para-hydroxylation sites is 1. The van der Waals surface area contributed by atoms with Gasteiger partial charge in [-0.25, -0.2) is 4.79 Å². The first-order valence-electron chi connectivity index (χ1n) is 4.22. The molecule has 0 aliphatic carbocycles. The second-order valence-electron chi connectivity index (χ2n) is 2.96. The SMILES string of the molecule is CNc1cc2cccc(N)c2oc1=O. The lowest BCUT2D eigenvalue weighted by Crippen LogP contribution is -2.06. The van der Waals surface area contributed by atoms with Crippen LogP contribution in [0.2, 0.25) is 0 Å². The highest BCUT2D eigenvalue weighted by Crippen LogP contribution is 2.20. The van der Waals surface area contributed by atoms with E-state index >= 15 is 0 Å². The Kier molecular flexibility index (Phi) is 1.89. The van der Waals surface area contributed by atoms with Gasteiger partial charge in [0.05, 0.1) is 5.69 Å². The Morgan fingerprint density at radius 2 is 2.21 bits per heavy atom. The standard InChI is InChI=1S/C10H10N2O2/c1-12-8-5-6-3-2-4-7(11)9(6)14-10(8)13/h2-5,12H,11H2,1H3. The van der Waals surface area contributed by atoms with Gasteiger partial charge in [-0.1, -0.05) is 12.1 Å². The van der Waals surface area contributed by atoms with Gasteiger partial charge < -0.3 is 15.5 Å². The molecule has 0 radical (unpaired) electrons. The number of fused-ring (bicyclic) bond motifs is 1. The van der Waals surface area contributed by atoms with Crippen molar-refractivity contribution in [2.45, 2.75) is 0 Å². The van der Waals surface area contributed by atoms with Crippen molar-refractivity contribution in [1.82, 2.24) is 0 Å². The first kappa shape index (κ1) is 8.62. The minimum atomic E-state index is -0.405. The van der Waals surface area contributed by atoms with Gasteiger partial charge >= 0.3 is 5.63 Å². The summed E-state index contributed by atoms with van der Waals surface area (Å²) in [6.45, 7) is 0. The number of nitrogens with one attached hydrogen (secondary N) is 1. The van der Waals surface area contributed by atoms with E-state index in [9.17, 15) is 4.79 Å². The third-order valence-electron chi connectivity index (χ3n) is 2.06. The topological polar surface area (TPSA) is 68.3 Å². The van der Waals surface area contributed by atoms with E-state index in [2.05, 4.69) is 5.32 Å². The number of nitrogen functional groups attached to an aromatic ring is 1. The fourth-order valence-corrected chi connectivity index (χ4v) is 1.34. The highest BCUT2D eigenvalue weighted by atomic mass is 16.4. The minimum absolute atomic E-state index is 0.405. The number of rotatable bonds is 1. The number of hydrogen-bond acceptors (Lipinski definition) is 4. The van der Waals surface area contributed by atoms with E-state index in [1.807, 2.05) is 12.1 Å². The largest absolute Gasteiger partial charge is 0.419 e. The van der Waals surface area contributed by atoms with Crippen LogP contribution in [0.3, 0.4) is 0 Å². The molecule has 2 aromatic rings. The Labute approximate surface area is 80.3 Å². The lowest BCUT2D eigenvalue weighted by Gasteiger charge is -2.02. The Morgan fingerprint density at radius 3 is 2.93 bits per heavy atom. The Hall–Kier alpha value is -1.97. The molecular formula is C10H10N2O2. The van der Waals surface area contributed by atoms with Gasteiger partial charge in [0.1, 0.15) is 5.69 Å². The average Bonchev–Trinajstić information content (AvgIpc) is 2.19. The zero-order chi connectivity index (χ0) is 10.1. The molecule has 0 bridgehead atoms. The summed E-state index contributed by atoms with van der Waals surface area (Å²) < 4.78 is 5.07. The molecular weight excluding hydrogens is 180 g/mol. The molecule has 1 aromatic heterocycles.